The van der Waals surface area contributed by atoms with Gasteiger partial charge in [-0.05, 0) is 37.6 Å². The molecule has 0 saturated carbocycles. The second-order valence-electron chi connectivity index (χ2n) is 3.28. The first-order valence-electron chi connectivity index (χ1n) is 4.63. The Morgan fingerprint density at radius 3 is 3.00 bits per heavy atom. The largest absolute Gasteiger partial charge is 0.385 e. The summed E-state index contributed by atoms with van der Waals surface area (Å²) in [6.07, 6.45) is 1.98. The first-order chi connectivity index (χ1) is 6.31. The molecule has 0 radical (unpaired) electrons. The number of rotatable bonds is 2. The zero-order valence-corrected chi connectivity index (χ0v) is 8.02. The van der Waals surface area contributed by atoms with E-state index in [4.69, 9.17) is 0 Å². The summed E-state index contributed by atoms with van der Waals surface area (Å²) in [6, 6.07) is 6.45. The molecule has 0 unspecified atom stereocenters. The first kappa shape index (κ1) is 8.17. The Kier molecular flexibility index (Phi) is 1.97. The summed E-state index contributed by atoms with van der Waals surface area (Å²) in [4.78, 5) is 3.22. The van der Waals surface area contributed by atoms with E-state index < -0.39 is 0 Å². The quantitative estimate of drug-likeness (QED) is 0.719. The molecule has 0 bridgehead atoms. The van der Waals surface area contributed by atoms with E-state index in [2.05, 4.69) is 42.3 Å². The van der Waals surface area contributed by atoms with E-state index in [0.29, 0.717) is 0 Å². The summed E-state index contributed by atoms with van der Waals surface area (Å²) in [6.45, 7) is 5.19. The highest BCUT2D eigenvalue weighted by molar-refractivity contribution is 5.92. The lowest BCUT2D eigenvalue weighted by atomic mass is 10.1. The second kappa shape index (κ2) is 3.13. The van der Waals surface area contributed by atoms with Crippen molar-refractivity contribution >= 4 is 16.6 Å². The third-order valence-electron chi connectivity index (χ3n) is 2.18. The Labute approximate surface area is 78.0 Å². The van der Waals surface area contributed by atoms with Crippen molar-refractivity contribution in [3.63, 3.8) is 0 Å². The summed E-state index contributed by atoms with van der Waals surface area (Å²) in [7, 11) is 0. The van der Waals surface area contributed by atoms with Crippen LogP contribution in [0.25, 0.3) is 10.9 Å². The molecule has 1 aromatic heterocycles. The van der Waals surface area contributed by atoms with Gasteiger partial charge >= 0.3 is 0 Å². The van der Waals surface area contributed by atoms with Crippen LogP contribution in [0.15, 0.2) is 24.4 Å². The number of nitrogens with one attached hydrogen (secondary N) is 2. The summed E-state index contributed by atoms with van der Waals surface area (Å²) in [5.74, 6) is 0. The lowest BCUT2D eigenvalue weighted by Gasteiger charge is -2.06. The fourth-order valence-corrected chi connectivity index (χ4v) is 1.65. The minimum Gasteiger partial charge on any atom is -0.385 e. The number of aromatic nitrogens is 1. The van der Waals surface area contributed by atoms with Crippen LogP contribution in [-0.2, 0) is 0 Å². The Hall–Kier alpha value is -1.44. The molecule has 2 rings (SSSR count). The summed E-state index contributed by atoms with van der Waals surface area (Å²) in [5.41, 5.74) is 3.71. The van der Waals surface area contributed by atoms with Crippen LogP contribution in [0.4, 0.5) is 5.69 Å². The second-order valence-corrected chi connectivity index (χ2v) is 3.28. The first-order valence-corrected chi connectivity index (χ1v) is 4.63. The zero-order chi connectivity index (χ0) is 9.26. The molecule has 0 amide bonds. The van der Waals surface area contributed by atoms with Crippen LogP contribution in [-0.4, -0.2) is 11.5 Å². The number of aryl methyl sites for hydroxylation is 1. The molecule has 2 nitrogen and oxygen atoms in total. The Morgan fingerprint density at radius 1 is 1.38 bits per heavy atom. The zero-order valence-electron chi connectivity index (χ0n) is 8.02. The van der Waals surface area contributed by atoms with Gasteiger partial charge in [-0.1, -0.05) is 0 Å². The lowest BCUT2D eigenvalue weighted by molar-refractivity contribution is 1.22. The average molecular weight is 174 g/mol. The monoisotopic (exact) mass is 174 g/mol. The molecule has 1 heterocycles. The fraction of sp³-hybridized carbons (Fsp3) is 0.273. The molecular formula is C11H14N2. The molecule has 1 aromatic carbocycles. The normalized spacial score (nSPS) is 10.6. The van der Waals surface area contributed by atoms with E-state index in [1.807, 2.05) is 6.20 Å². The highest BCUT2D eigenvalue weighted by atomic mass is 14.9. The van der Waals surface area contributed by atoms with Crippen molar-refractivity contribution in [1.29, 1.82) is 0 Å². The Morgan fingerprint density at radius 2 is 2.23 bits per heavy atom. The molecule has 68 valence electrons. The summed E-state index contributed by atoms with van der Waals surface area (Å²) < 4.78 is 0. The molecule has 0 spiro atoms. The van der Waals surface area contributed by atoms with Crippen LogP contribution in [0.1, 0.15) is 12.5 Å². The Bertz CT molecular complexity index is 415. The van der Waals surface area contributed by atoms with Gasteiger partial charge in [0.05, 0.1) is 0 Å². The van der Waals surface area contributed by atoms with E-state index in [1.54, 1.807) is 0 Å². The van der Waals surface area contributed by atoms with Crippen LogP contribution in [0, 0.1) is 6.92 Å². The van der Waals surface area contributed by atoms with Crippen LogP contribution in [0.2, 0.25) is 0 Å². The van der Waals surface area contributed by atoms with E-state index in [1.165, 1.54) is 22.2 Å². The number of anilines is 1. The smallest absolute Gasteiger partial charge is 0.0477 e. The van der Waals surface area contributed by atoms with Gasteiger partial charge in [0.1, 0.15) is 0 Å². The number of hydrogen-bond acceptors (Lipinski definition) is 1. The number of benzene rings is 1. The van der Waals surface area contributed by atoms with Crippen molar-refractivity contribution in [3.8, 4) is 0 Å². The Balaban J connectivity index is 2.63. The van der Waals surface area contributed by atoms with Gasteiger partial charge in [0.2, 0.25) is 0 Å². The van der Waals surface area contributed by atoms with Gasteiger partial charge < -0.3 is 10.3 Å². The molecule has 2 aromatic rings. The number of H-pyrrole nitrogens is 1. The van der Waals surface area contributed by atoms with Crippen molar-refractivity contribution in [3.05, 3.63) is 30.0 Å². The molecule has 0 fully saturated rings. The van der Waals surface area contributed by atoms with E-state index in [9.17, 15) is 0 Å². The summed E-state index contributed by atoms with van der Waals surface area (Å²) >= 11 is 0. The maximum Gasteiger partial charge on any atom is 0.0477 e. The van der Waals surface area contributed by atoms with Gasteiger partial charge in [-0.3, -0.25) is 0 Å². The van der Waals surface area contributed by atoms with Crippen LogP contribution in [0.5, 0.6) is 0 Å². The van der Waals surface area contributed by atoms with Crippen molar-refractivity contribution in [2.75, 3.05) is 11.9 Å². The van der Waals surface area contributed by atoms with Gasteiger partial charge in [-0.15, -0.1) is 0 Å². The minimum absolute atomic E-state index is 0.962. The molecule has 0 atom stereocenters. The third-order valence-corrected chi connectivity index (χ3v) is 2.18. The van der Waals surface area contributed by atoms with E-state index >= 15 is 0 Å². The highest BCUT2D eigenvalue weighted by Crippen LogP contribution is 2.24. The number of hydrogen-bond donors (Lipinski definition) is 2. The van der Waals surface area contributed by atoms with Gasteiger partial charge in [-0.25, -0.2) is 0 Å². The van der Waals surface area contributed by atoms with Crippen LogP contribution in [0.3, 0.4) is 0 Å². The maximum atomic E-state index is 3.36. The molecule has 0 saturated heterocycles. The molecule has 13 heavy (non-hydrogen) atoms. The van der Waals surface area contributed by atoms with Gasteiger partial charge in [0.25, 0.3) is 0 Å². The van der Waals surface area contributed by atoms with Gasteiger partial charge in [0, 0.05) is 29.3 Å². The fourth-order valence-electron chi connectivity index (χ4n) is 1.65. The SMILES string of the molecule is CCNc1cc(C)cc2[nH]ccc12. The predicted octanol–water partition coefficient (Wildman–Crippen LogP) is 2.91. The minimum atomic E-state index is 0.962. The van der Waals surface area contributed by atoms with Crippen molar-refractivity contribution in [2.45, 2.75) is 13.8 Å². The highest BCUT2D eigenvalue weighted by Gasteiger charge is 2.01. The molecule has 0 aliphatic heterocycles. The van der Waals surface area contributed by atoms with E-state index in [-0.39, 0.29) is 0 Å². The van der Waals surface area contributed by atoms with E-state index in [0.717, 1.165) is 6.54 Å². The lowest BCUT2D eigenvalue weighted by Crippen LogP contribution is -1.96. The van der Waals surface area contributed by atoms with Crippen molar-refractivity contribution in [2.24, 2.45) is 0 Å². The topological polar surface area (TPSA) is 27.8 Å². The number of aromatic amines is 1. The van der Waals surface area contributed by atoms with Gasteiger partial charge in [-0.2, -0.15) is 0 Å². The maximum absolute atomic E-state index is 3.36. The summed E-state index contributed by atoms with van der Waals surface area (Å²) in [5, 5.41) is 4.63. The molecule has 2 heteroatoms. The van der Waals surface area contributed by atoms with Crippen LogP contribution < -0.4 is 5.32 Å². The molecule has 0 aliphatic rings. The third kappa shape index (κ3) is 1.39. The predicted molar refractivity (Wildman–Crippen MR) is 57.2 cm³/mol. The molecule has 0 aliphatic carbocycles. The van der Waals surface area contributed by atoms with Crippen LogP contribution >= 0.6 is 0 Å². The molecule has 2 N–H and O–H groups in total. The standard InChI is InChI=1S/C11H14N2/c1-3-12-10-6-8(2)7-11-9(10)4-5-13-11/h4-7,12-13H,3H2,1-2H3. The van der Waals surface area contributed by atoms with Crippen molar-refractivity contribution < 1.29 is 0 Å². The van der Waals surface area contributed by atoms with Gasteiger partial charge in [0.15, 0.2) is 0 Å². The van der Waals surface area contributed by atoms with Crippen molar-refractivity contribution in [1.82, 2.24) is 4.98 Å². The number of fused-ring (bicyclic) bond motifs is 1. The molecular weight excluding hydrogens is 160 g/mol. The average Bonchev–Trinajstić information content (AvgIpc) is 2.52.